The molecule has 1 aromatic carbocycles. The van der Waals surface area contributed by atoms with Crippen molar-refractivity contribution in [2.45, 2.75) is 6.18 Å². The summed E-state index contributed by atoms with van der Waals surface area (Å²) in [5.74, 6) is 0. The van der Waals surface area contributed by atoms with Crippen molar-refractivity contribution < 1.29 is 18.0 Å². The molecule has 0 heterocycles. The lowest BCUT2D eigenvalue weighted by Gasteiger charge is -2.10. The minimum absolute atomic E-state index is 0.193. The Bertz CT molecular complexity index is 376. The zero-order valence-electron chi connectivity index (χ0n) is 6.53. The maximum Gasteiger partial charge on any atom is 0.417 e. The zero-order valence-corrected chi connectivity index (χ0v) is 8.87. The summed E-state index contributed by atoms with van der Waals surface area (Å²) in [5.41, 5.74) is -1.20. The van der Waals surface area contributed by atoms with Crippen LogP contribution in [0.2, 0.25) is 5.02 Å². The Morgan fingerprint density at radius 2 is 1.93 bits per heavy atom. The van der Waals surface area contributed by atoms with Gasteiger partial charge in [0.2, 0.25) is 0 Å². The lowest BCUT2D eigenvalue weighted by Crippen LogP contribution is -2.07. The summed E-state index contributed by atoms with van der Waals surface area (Å²) in [7, 11) is 0. The third kappa shape index (κ3) is 2.09. The van der Waals surface area contributed by atoms with E-state index in [1.165, 1.54) is 0 Å². The summed E-state index contributed by atoms with van der Waals surface area (Å²) in [6, 6.07) is 1.96. The second-order valence-electron chi connectivity index (χ2n) is 2.44. The highest BCUT2D eigenvalue weighted by molar-refractivity contribution is 9.10. The van der Waals surface area contributed by atoms with E-state index in [-0.39, 0.29) is 16.3 Å². The Kier molecular flexibility index (Phi) is 3.21. The number of rotatable bonds is 1. The summed E-state index contributed by atoms with van der Waals surface area (Å²) in [4.78, 5) is 10.4. The predicted octanol–water partition coefficient (Wildman–Crippen LogP) is 3.93. The highest BCUT2D eigenvalue weighted by atomic mass is 79.9. The number of hydrogen-bond acceptors (Lipinski definition) is 1. The second kappa shape index (κ2) is 3.90. The topological polar surface area (TPSA) is 17.1 Å². The number of aldehydes is 1. The third-order valence-electron chi connectivity index (χ3n) is 1.55. The summed E-state index contributed by atoms with van der Waals surface area (Å²) < 4.78 is 37.1. The Hall–Kier alpha value is -0.550. The van der Waals surface area contributed by atoms with E-state index in [1.54, 1.807) is 0 Å². The molecule has 0 amide bonds. The zero-order chi connectivity index (χ0) is 10.9. The first-order valence-electron chi connectivity index (χ1n) is 3.38. The average Bonchev–Trinajstić information content (AvgIpc) is 2.02. The van der Waals surface area contributed by atoms with Crippen LogP contribution in [0.1, 0.15) is 15.9 Å². The van der Waals surface area contributed by atoms with E-state index in [0.717, 1.165) is 12.1 Å². The summed E-state index contributed by atoms with van der Waals surface area (Å²) in [6.45, 7) is 0. The lowest BCUT2D eigenvalue weighted by molar-refractivity contribution is -0.137. The van der Waals surface area contributed by atoms with Crippen LogP contribution in [0.4, 0.5) is 13.2 Å². The van der Waals surface area contributed by atoms with E-state index in [4.69, 9.17) is 11.6 Å². The molecule has 1 aromatic rings. The van der Waals surface area contributed by atoms with Gasteiger partial charge in [-0.1, -0.05) is 27.5 Å². The highest BCUT2D eigenvalue weighted by Crippen LogP contribution is 2.37. The molecule has 14 heavy (non-hydrogen) atoms. The van der Waals surface area contributed by atoms with Crippen LogP contribution in [0, 0.1) is 0 Å². The summed E-state index contributed by atoms with van der Waals surface area (Å²) in [5, 5.41) is -0.582. The summed E-state index contributed by atoms with van der Waals surface area (Å²) in [6.07, 6.45) is -4.27. The number of alkyl halides is 3. The first kappa shape index (κ1) is 11.5. The SMILES string of the molecule is O=Cc1c(Br)ccc(C(F)(F)F)c1Cl. The highest BCUT2D eigenvalue weighted by Gasteiger charge is 2.34. The number of carbonyl (C=O) groups is 1. The van der Waals surface area contributed by atoms with Crippen LogP contribution in [0.15, 0.2) is 16.6 Å². The molecule has 0 radical (unpaired) electrons. The fraction of sp³-hybridized carbons (Fsp3) is 0.125. The largest absolute Gasteiger partial charge is 0.417 e. The maximum atomic E-state index is 12.3. The Morgan fingerprint density at radius 1 is 1.36 bits per heavy atom. The van der Waals surface area contributed by atoms with Crippen LogP contribution >= 0.6 is 27.5 Å². The van der Waals surface area contributed by atoms with E-state index in [2.05, 4.69) is 15.9 Å². The average molecular weight is 287 g/mol. The quantitative estimate of drug-likeness (QED) is 0.715. The fourth-order valence-corrected chi connectivity index (χ4v) is 1.75. The standard InChI is InChI=1S/C8H3BrClF3O/c9-6-2-1-5(8(11,12)13)7(10)4(6)3-14/h1-3H. The van der Waals surface area contributed by atoms with Gasteiger partial charge in [-0.25, -0.2) is 0 Å². The van der Waals surface area contributed by atoms with Crippen LogP contribution in [-0.4, -0.2) is 6.29 Å². The molecule has 0 saturated carbocycles. The molecule has 6 heteroatoms. The van der Waals surface area contributed by atoms with Gasteiger partial charge in [0.1, 0.15) is 0 Å². The van der Waals surface area contributed by atoms with E-state index in [0.29, 0.717) is 0 Å². The lowest BCUT2D eigenvalue weighted by atomic mass is 10.1. The van der Waals surface area contributed by atoms with E-state index < -0.39 is 16.8 Å². The molecule has 0 unspecified atom stereocenters. The van der Waals surface area contributed by atoms with Crippen molar-refractivity contribution in [1.29, 1.82) is 0 Å². The molecule has 0 aromatic heterocycles. The molecule has 0 N–H and O–H groups in total. The van der Waals surface area contributed by atoms with E-state index in [1.807, 2.05) is 0 Å². The number of benzene rings is 1. The molecule has 0 fully saturated rings. The number of carbonyl (C=O) groups excluding carboxylic acids is 1. The molecule has 0 aliphatic rings. The van der Waals surface area contributed by atoms with Crippen molar-refractivity contribution in [3.63, 3.8) is 0 Å². The van der Waals surface area contributed by atoms with Crippen LogP contribution in [-0.2, 0) is 6.18 Å². The normalized spacial score (nSPS) is 11.5. The molecule has 0 bridgehead atoms. The van der Waals surface area contributed by atoms with E-state index in [9.17, 15) is 18.0 Å². The van der Waals surface area contributed by atoms with Gasteiger partial charge in [0, 0.05) is 10.0 Å². The molecule has 1 rings (SSSR count). The van der Waals surface area contributed by atoms with Crippen molar-refractivity contribution >= 4 is 33.8 Å². The molecule has 76 valence electrons. The molecular formula is C8H3BrClF3O. The predicted molar refractivity (Wildman–Crippen MR) is 49.5 cm³/mol. The van der Waals surface area contributed by atoms with Gasteiger partial charge in [-0.2, -0.15) is 13.2 Å². The molecule has 0 atom stereocenters. The molecule has 0 saturated heterocycles. The Balaban J connectivity index is 3.43. The van der Waals surface area contributed by atoms with Gasteiger partial charge in [-0.15, -0.1) is 0 Å². The van der Waals surface area contributed by atoms with Crippen molar-refractivity contribution in [3.8, 4) is 0 Å². The van der Waals surface area contributed by atoms with Crippen LogP contribution in [0.25, 0.3) is 0 Å². The fourth-order valence-electron chi connectivity index (χ4n) is 0.896. The molecule has 1 nitrogen and oxygen atoms in total. The minimum Gasteiger partial charge on any atom is -0.298 e. The Labute approximate surface area is 91.0 Å². The number of hydrogen-bond donors (Lipinski definition) is 0. The smallest absolute Gasteiger partial charge is 0.298 e. The second-order valence-corrected chi connectivity index (χ2v) is 3.67. The van der Waals surface area contributed by atoms with Gasteiger partial charge in [0.15, 0.2) is 6.29 Å². The molecule has 0 spiro atoms. The number of halogens is 5. The van der Waals surface area contributed by atoms with Crippen molar-refractivity contribution in [2.24, 2.45) is 0 Å². The first-order valence-corrected chi connectivity index (χ1v) is 4.55. The van der Waals surface area contributed by atoms with Crippen molar-refractivity contribution in [3.05, 3.63) is 32.8 Å². The van der Waals surface area contributed by atoms with Crippen molar-refractivity contribution in [2.75, 3.05) is 0 Å². The monoisotopic (exact) mass is 286 g/mol. The maximum absolute atomic E-state index is 12.3. The van der Waals surface area contributed by atoms with Crippen LogP contribution in [0.3, 0.4) is 0 Å². The van der Waals surface area contributed by atoms with Gasteiger partial charge >= 0.3 is 6.18 Å². The van der Waals surface area contributed by atoms with Gasteiger partial charge in [0.05, 0.1) is 10.6 Å². The van der Waals surface area contributed by atoms with Crippen molar-refractivity contribution in [1.82, 2.24) is 0 Å². The molecule has 0 aliphatic heterocycles. The first-order chi connectivity index (χ1) is 6.38. The Morgan fingerprint density at radius 3 is 2.36 bits per heavy atom. The van der Waals surface area contributed by atoms with Gasteiger partial charge in [-0.05, 0) is 12.1 Å². The minimum atomic E-state index is -4.55. The van der Waals surface area contributed by atoms with E-state index >= 15 is 0 Å². The van der Waals surface area contributed by atoms with Gasteiger partial charge < -0.3 is 0 Å². The van der Waals surface area contributed by atoms with Gasteiger partial charge in [-0.3, -0.25) is 4.79 Å². The van der Waals surface area contributed by atoms with Crippen LogP contribution < -0.4 is 0 Å². The molecular weight excluding hydrogens is 284 g/mol. The van der Waals surface area contributed by atoms with Crippen LogP contribution in [0.5, 0.6) is 0 Å². The third-order valence-corrected chi connectivity index (χ3v) is 2.65. The van der Waals surface area contributed by atoms with Gasteiger partial charge in [0.25, 0.3) is 0 Å². The molecule has 0 aliphatic carbocycles. The summed E-state index contributed by atoms with van der Waals surface area (Å²) >= 11 is 8.34.